The molecule has 2 fully saturated rings. The van der Waals surface area contributed by atoms with Crippen molar-refractivity contribution in [3.63, 3.8) is 0 Å². The van der Waals surface area contributed by atoms with E-state index in [0.29, 0.717) is 62.5 Å². The van der Waals surface area contributed by atoms with Crippen molar-refractivity contribution in [2.45, 2.75) is 63.3 Å². The molecule has 2 atom stereocenters. The fourth-order valence-electron chi connectivity index (χ4n) is 6.75. The number of piperidine rings is 1. The number of nitrogens with one attached hydrogen (secondary N) is 1. The quantitative estimate of drug-likeness (QED) is 0.182. The summed E-state index contributed by atoms with van der Waals surface area (Å²) in [6.45, 7) is 4.55. The van der Waals surface area contributed by atoms with E-state index >= 15 is 4.39 Å². The Kier molecular flexibility index (Phi) is 7.76. The number of fused-ring (bicyclic) bond motifs is 2. The molecule has 49 heavy (non-hydrogen) atoms. The minimum atomic E-state index is -4.66. The Balaban J connectivity index is 1.01. The molecule has 256 valence electrons. The van der Waals surface area contributed by atoms with Gasteiger partial charge in [-0.1, -0.05) is 11.6 Å². The normalized spacial score (nSPS) is 21.4. The van der Waals surface area contributed by atoms with Crippen LogP contribution in [0.25, 0.3) is 22.6 Å². The zero-order valence-electron chi connectivity index (χ0n) is 26.0. The molecule has 0 bridgehead atoms. The Morgan fingerprint density at radius 2 is 1.82 bits per heavy atom. The smallest absolute Gasteiger partial charge is 0.444 e. The zero-order valence-corrected chi connectivity index (χ0v) is 26.8. The number of alkyl halides is 3. The number of rotatable bonds is 7. The van der Waals surface area contributed by atoms with E-state index in [0.717, 1.165) is 17.8 Å². The zero-order chi connectivity index (χ0) is 34.1. The van der Waals surface area contributed by atoms with Crippen LogP contribution in [0.1, 0.15) is 54.9 Å². The standard InChI is InChI=1S/C33H29ClF5N7O3/c1-32(20-3-2-18(34)12-22(20)36)48-26-5-4-21(35)28(29(26)49-32)17-6-9-45(10-7-17)16-27-41-23-13-24(30-42-31(44-43-30)33(37,38)39)40-14-25(23)46(27)15-19-8-11-47-19/h2-5,12-14,17,19H,6-11,15-16H2,1H3,(H,42,43,44)/t19-,32?/m0/s1. The number of aromatic amines is 1. The monoisotopic (exact) mass is 701 g/mol. The summed E-state index contributed by atoms with van der Waals surface area (Å²) < 4.78 is 89.6. The topological polar surface area (TPSA) is 103 Å². The lowest BCUT2D eigenvalue weighted by Gasteiger charge is -2.33. The first-order valence-electron chi connectivity index (χ1n) is 15.8. The molecule has 5 aromatic rings. The second-order valence-electron chi connectivity index (χ2n) is 12.6. The van der Waals surface area contributed by atoms with Crippen molar-refractivity contribution in [3.05, 3.63) is 82.0 Å². The van der Waals surface area contributed by atoms with E-state index in [1.54, 1.807) is 25.3 Å². The first-order valence-corrected chi connectivity index (χ1v) is 16.2. The highest BCUT2D eigenvalue weighted by Crippen LogP contribution is 2.51. The summed E-state index contributed by atoms with van der Waals surface area (Å²) in [6, 6.07) is 8.65. The van der Waals surface area contributed by atoms with Crippen LogP contribution < -0.4 is 9.47 Å². The van der Waals surface area contributed by atoms with E-state index in [-0.39, 0.29) is 39.9 Å². The molecule has 0 aliphatic carbocycles. The molecule has 0 radical (unpaired) electrons. The number of pyridine rings is 1. The first-order chi connectivity index (χ1) is 23.4. The number of hydrogen-bond acceptors (Lipinski definition) is 8. The molecule has 8 rings (SSSR count). The number of aromatic nitrogens is 6. The summed E-state index contributed by atoms with van der Waals surface area (Å²) in [5.41, 5.74) is 1.98. The lowest BCUT2D eigenvalue weighted by Crippen LogP contribution is -2.35. The van der Waals surface area contributed by atoms with Gasteiger partial charge in [0.05, 0.1) is 42.0 Å². The second kappa shape index (κ2) is 11.9. The highest BCUT2D eigenvalue weighted by molar-refractivity contribution is 6.30. The number of H-pyrrole nitrogens is 1. The van der Waals surface area contributed by atoms with Crippen LogP contribution in [-0.2, 0) is 29.8 Å². The Morgan fingerprint density at radius 3 is 2.51 bits per heavy atom. The minimum Gasteiger partial charge on any atom is -0.444 e. The van der Waals surface area contributed by atoms with Crippen LogP contribution in [0.5, 0.6) is 11.5 Å². The number of hydrogen-bond donors (Lipinski definition) is 1. The van der Waals surface area contributed by atoms with Gasteiger partial charge < -0.3 is 18.8 Å². The Morgan fingerprint density at radius 1 is 1.02 bits per heavy atom. The van der Waals surface area contributed by atoms with Gasteiger partial charge in [-0.05, 0) is 74.7 Å². The van der Waals surface area contributed by atoms with Gasteiger partial charge in [-0.25, -0.2) is 18.7 Å². The number of likely N-dealkylation sites (tertiary alicyclic amines) is 1. The van der Waals surface area contributed by atoms with Gasteiger partial charge >= 0.3 is 6.18 Å². The fraction of sp³-hybridized carbons (Fsp3) is 0.394. The Hall–Kier alpha value is -4.34. The van der Waals surface area contributed by atoms with Crippen LogP contribution in [-0.4, -0.2) is 60.4 Å². The van der Waals surface area contributed by atoms with Crippen LogP contribution in [0, 0.1) is 11.6 Å². The van der Waals surface area contributed by atoms with E-state index in [4.69, 9.17) is 30.8 Å². The van der Waals surface area contributed by atoms with Crippen molar-refractivity contribution in [2.24, 2.45) is 0 Å². The fourth-order valence-corrected chi connectivity index (χ4v) is 6.91. The van der Waals surface area contributed by atoms with Crippen molar-refractivity contribution in [3.8, 4) is 23.0 Å². The van der Waals surface area contributed by atoms with Gasteiger partial charge in [0.2, 0.25) is 5.82 Å². The third-order valence-corrected chi connectivity index (χ3v) is 9.60. The molecule has 16 heteroatoms. The van der Waals surface area contributed by atoms with Gasteiger partial charge in [0, 0.05) is 24.1 Å². The van der Waals surface area contributed by atoms with Gasteiger partial charge in [0.25, 0.3) is 5.79 Å². The summed E-state index contributed by atoms with van der Waals surface area (Å²) in [7, 11) is 0. The molecule has 2 aromatic carbocycles. The summed E-state index contributed by atoms with van der Waals surface area (Å²) in [5, 5.41) is 5.85. The first kappa shape index (κ1) is 31.9. The van der Waals surface area contributed by atoms with Gasteiger partial charge in [0.15, 0.2) is 17.3 Å². The highest BCUT2D eigenvalue weighted by Gasteiger charge is 2.44. The lowest BCUT2D eigenvalue weighted by atomic mass is 9.88. The van der Waals surface area contributed by atoms with Gasteiger partial charge in [-0.2, -0.15) is 18.3 Å². The predicted octanol–water partition coefficient (Wildman–Crippen LogP) is 6.98. The maximum Gasteiger partial charge on any atom is 0.451 e. The van der Waals surface area contributed by atoms with E-state index in [1.807, 2.05) is 9.67 Å². The summed E-state index contributed by atoms with van der Waals surface area (Å²) >= 11 is 5.95. The third-order valence-electron chi connectivity index (χ3n) is 9.37. The van der Waals surface area contributed by atoms with Crippen LogP contribution in [0.15, 0.2) is 42.6 Å². The minimum absolute atomic E-state index is 0.0151. The van der Waals surface area contributed by atoms with E-state index in [1.165, 1.54) is 24.3 Å². The number of halogens is 6. The van der Waals surface area contributed by atoms with Crippen LogP contribution in [0.4, 0.5) is 22.0 Å². The molecule has 1 unspecified atom stereocenters. The Bertz CT molecular complexity index is 2060. The molecule has 0 spiro atoms. The van der Waals surface area contributed by atoms with E-state index in [2.05, 4.69) is 20.0 Å². The largest absolute Gasteiger partial charge is 0.451 e. The molecule has 3 aliphatic heterocycles. The van der Waals surface area contributed by atoms with E-state index in [9.17, 15) is 17.6 Å². The van der Waals surface area contributed by atoms with E-state index < -0.39 is 29.4 Å². The molecule has 3 aliphatic rings. The van der Waals surface area contributed by atoms with Crippen LogP contribution in [0.3, 0.4) is 0 Å². The molecule has 3 aromatic heterocycles. The lowest BCUT2D eigenvalue weighted by molar-refractivity contribution is -0.144. The van der Waals surface area contributed by atoms with Crippen molar-refractivity contribution < 1.29 is 36.2 Å². The summed E-state index contributed by atoms with van der Waals surface area (Å²) in [5.74, 6) is -2.69. The highest BCUT2D eigenvalue weighted by atomic mass is 35.5. The second-order valence-corrected chi connectivity index (χ2v) is 13.0. The number of ether oxygens (including phenoxy) is 3. The maximum atomic E-state index is 15.5. The molecular formula is C33H29ClF5N7O3. The average molecular weight is 702 g/mol. The average Bonchev–Trinajstić information content (AvgIpc) is 3.75. The Labute approximate surface area is 281 Å². The van der Waals surface area contributed by atoms with Gasteiger partial charge in [-0.15, -0.1) is 0 Å². The van der Waals surface area contributed by atoms with Crippen molar-refractivity contribution in [1.29, 1.82) is 0 Å². The van der Waals surface area contributed by atoms with Gasteiger partial charge in [0.1, 0.15) is 23.2 Å². The van der Waals surface area contributed by atoms with Crippen LogP contribution in [0.2, 0.25) is 5.02 Å². The molecule has 2 saturated heterocycles. The molecule has 10 nitrogen and oxygen atoms in total. The SMILES string of the molecule is CC1(c2ccc(Cl)cc2F)Oc2ccc(F)c(C3CCN(Cc4nc5cc(-c6n[nH]c(C(F)(F)F)n6)ncc5n4C[C@@H]4CCO4)CC3)c2O1. The van der Waals surface area contributed by atoms with Crippen molar-refractivity contribution >= 4 is 22.6 Å². The van der Waals surface area contributed by atoms with Crippen LogP contribution >= 0.6 is 11.6 Å². The third kappa shape index (κ3) is 5.87. The number of benzene rings is 2. The summed E-state index contributed by atoms with van der Waals surface area (Å²) in [4.78, 5) is 15.0. The van der Waals surface area contributed by atoms with Gasteiger partial charge in [-0.3, -0.25) is 15.0 Å². The molecule has 0 saturated carbocycles. The molecular weight excluding hydrogens is 673 g/mol. The maximum absolute atomic E-state index is 15.5. The number of nitrogens with zero attached hydrogens (tertiary/aromatic N) is 6. The van der Waals surface area contributed by atoms with Crippen molar-refractivity contribution in [1.82, 2.24) is 34.6 Å². The summed E-state index contributed by atoms with van der Waals surface area (Å²) in [6.07, 6.45) is -0.943. The molecule has 6 heterocycles. The van der Waals surface area contributed by atoms with Crippen molar-refractivity contribution in [2.75, 3.05) is 19.7 Å². The molecule has 1 N–H and O–H groups in total. The molecule has 0 amide bonds. The predicted molar refractivity (Wildman–Crippen MR) is 166 cm³/mol. The number of imidazole rings is 1.